The minimum atomic E-state index is -0.765. The molecule has 0 aromatic heterocycles. The molecule has 2 heterocycles. The molecule has 2 aromatic carbocycles. The third-order valence-corrected chi connectivity index (χ3v) is 6.21. The molecule has 0 bridgehead atoms. The smallest absolute Gasteiger partial charge is 0.295 e. The Bertz CT molecular complexity index is 1110. The molecule has 0 aliphatic carbocycles. The highest BCUT2D eigenvalue weighted by molar-refractivity contribution is 6.46. The molecule has 2 aliphatic heterocycles. The lowest BCUT2D eigenvalue weighted by atomic mass is 9.95. The van der Waals surface area contributed by atoms with E-state index in [0.717, 1.165) is 13.1 Å². The van der Waals surface area contributed by atoms with Gasteiger partial charge < -0.3 is 24.2 Å². The Hall–Kier alpha value is -3.62. The first-order valence-corrected chi connectivity index (χ1v) is 11.6. The molecule has 184 valence electrons. The van der Waals surface area contributed by atoms with Crippen molar-refractivity contribution in [1.29, 1.82) is 0 Å². The number of aliphatic hydroxyl groups is 1. The van der Waals surface area contributed by atoms with Gasteiger partial charge in [0.15, 0.2) is 11.5 Å². The van der Waals surface area contributed by atoms with Crippen LogP contribution in [0.4, 0.5) is 0 Å². The van der Waals surface area contributed by atoms with E-state index in [1.807, 2.05) is 6.07 Å². The number of aliphatic hydroxyl groups excluding tert-OH is 1. The Labute approximate surface area is 205 Å². The third kappa shape index (κ3) is 5.23. The van der Waals surface area contributed by atoms with Gasteiger partial charge in [0.1, 0.15) is 12.4 Å². The standard InChI is InChI=1S/C27H30N2O6/c1-3-15-35-21-10-9-20(18-22(21)33-2)24-23(25(30)19-7-5-4-6-8-19)26(31)27(32)29(24)12-11-28-13-16-34-17-14-28/h3-10,18,24,30H,1,11-17H2,2H3. The van der Waals surface area contributed by atoms with Crippen molar-refractivity contribution >= 4 is 17.4 Å². The molecule has 2 saturated heterocycles. The van der Waals surface area contributed by atoms with Crippen molar-refractivity contribution in [2.75, 3.05) is 53.1 Å². The summed E-state index contributed by atoms with van der Waals surface area (Å²) in [5.74, 6) is -0.558. The number of morpholine rings is 1. The van der Waals surface area contributed by atoms with Crippen LogP contribution in [0.3, 0.4) is 0 Å². The first kappa shape index (κ1) is 24.5. The second kappa shape index (κ2) is 11.2. The molecule has 0 spiro atoms. The molecule has 0 saturated carbocycles. The van der Waals surface area contributed by atoms with Crippen molar-refractivity contribution in [2.24, 2.45) is 0 Å². The fraction of sp³-hybridized carbons (Fsp3) is 0.333. The molecular weight excluding hydrogens is 448 g/mol. The van der Waals surface area contributed by atoms with E-state index in [9.17, 15) is 14.7 Å². The zero-order chi connectivity index (χ0) is 24.8. The molecule has 1 unspecified atom stereocenters. The number of ether oxygens (including phenoxy) is 3. The first-order chi connectivity index (χ1) is 17.0. The Balaban J connectivity index is 1.75. The van der Waals surface area contributed by atoms with Gasteiger partial charge in [-0.3, -0.25) is 14.5 Å². The van der Waals surface area contributed by atoms with E-state index in [0.29, 0.717) is 55.5 Å². The van der Waals surface area contributed by atoms with Gasteiger partial charge in [0.2, 0.25) is 0 Å². The maximum absolute atomic E-state index is 13.2. The number of ketones is 1. The maximum atomic E-state index is 13.2. The van der Waals surface area contributed by atoms with Gasteiger partial charge in [0.25, 0.3) is 11.7 Å². The van der Waals surface area contributed by atoms with Crippen LogP contribution in [0.25, 0.3) is 5.76 Å². The highest BCUT2D eigenvalue weighted by Gasteiger charge is 2.46. The number of nitrogens with zero attached hydrogens (tertiary/aromatic N) is 2. The fourth-order valence-corrected chi connectivity index (χ4v) is 4.40. The van der Waals surface area contributed by atoms with Crippen LogP contribution in [0.1, 0.15) is 17.2 Å². The number of Topliss-reactive ketones (excluding diaryl/α,β-unsaturated/α-hetero) is 1. The molecule has 1 N–H and O–H groups in total. The second-order valence-electron chi connectivity index (χ2n) is 8.32. The van der Waals surface area contributed by atoms with Crippen LogP contribution in [0.5, 0.6) is 11.5 Å². The Kier molecular flexibility index (Phi) is 7.84. The molecule has 4 rings (SSSR count). The van der Waals surface area contributed by atoms with E-state index in [1.165, 1.54) is 12.0 Å². The Morgan fingerprint density at radius 3 is 2.54 bits per heavy atom. The van der Waals surface area contributed by atoms with E-state index >= 15 is 0 Å². The quantitative estimate of drug-likeness (QED) is 0.257. The summed E-state index contributed by atoms with van der Waals surface area (Å²) in [6, 6.07) is 13.3. The predicted octanol–water partition coefficient (Wildman–Crippen LogP) is 3.01. The summed E-state index contributed by atoms with van der Waals surface area (Å²) >= 11 is 0. The van der Waals surface area contributed by atoms with E-state index < -0.39 is 17.7 Å². The summed E-state index contributed by atoms with van der Waals surface area (Å²) in [5, 5.41) is 11.2. The molecule has 2 aromatic rings. The molecule has 1 atom stereocenters. The van der Waals surface area contributed by atoms with Crippen molar-refractivity contribution in [3.8, 4) is 11.5 Å². The molecule has 2 aliphatic rings. The average Bonchev–Trinajstić information content (AvgIpc) is 3.16. The fourth-order valence-electron chi connectivity index (χ4n) is 4.40. The number of hydrogen-bond acceptors (Lipinski definition) is 7. The third-order valence-electron chi connectivity index (χ3n) is 6.21. The van der Waals surface area contributed by atoms with Crippen LogP contribution < -0.4 is 9.47 Å². The molecule has 8 nitrogen and oxygen atoms in total. The Morgan fingerprint density at radius 1 is 1.11 bits per heavy atom. The van der Waals surface area contributed by atoms with Gasteiger partial charge in [-0.25, -0.2) is 0 Å². The van der Waals surface area contributed by atoms with Crippen LogP contribution in [0.15, 0.2) is 66.8 Å². The van der Waals surface area contributed by atoms with Crippen LogP contribution in [-0.4, -0.2) is 79.7 Å². The van der Waals surface area contributed by atoms with Gasteiger partial charge in [0.05, 0.1) is 31.9 Å². The van der Waals surface area contributed by atoms with Gasteiger partial charge in [0, 0.05) is 31.7 Å². The first-order valence-electron chi connectivity index (χ1n) is 11.6. The lowest BCUT2D eigenvalue weighted by Gasteiger charge is -2.31. The van der Waals surface area contributed by atoms with Crippen LogP contribution in [0.2, 0.25) is 0 Å². The zero-order valence-corrected chi connectivity index (χ0v) is 19.8. The largest absolute Gasteiger partial charge is 0.507 e. The van der Waals surface area contributed by atoms with E-state index in [-0.39, 0.29) is 11.3 Å². The van der Waals surface area contributed by atoms with Crippen molar-refractivity contribution in [2.45, 2.75) is 6.04 Å². The lowest BCUT2D eigenvalue weighted by Crippen LogP contribution is -2.42. The summed E-state index contributed by atoms with van der Waals surface area (Å²) in [6.07, 6.45) is 1.63. The molecule has 35 heavy (non-hydrogen) atoms. The van der Waals surface area contributed by atoms with Gasteiger partial charge >= 0.3 is 0 Å². The zero-order valence-electron chi connectivity index (χ0n) is 19.8. The Morgan fingerprint density at radius 2 is 1.86 bits per heavy atom. The minimum Gasteiger partial charge on any atom is -0.507 e. The lowest BCUT2D eigenvalue weighted by molar-refractivity contribution is -0.140. The maximum Gasteiger partial charge on any atom is 0.295 e. The topological polar surface area (TPSA) is 88.5 Å². The molecular formula is C27H30N2O6. The summed E-state index contributed by atoms with van der Waals surface area (Å²) in [6.45, 7) is 7.70. The van der Waals surface area contributed by atoms with Crippen LogP contribution in [0, 0.1) is 0 Å². The van der Waals surface area contributed by atoms with Crippen LogP contribution >= 0.6 is 0 Å². The highest BCUT2D eigenvalue weighted by atomic mass is 16.5. The molecule has 0 radical (unpaired) electrons. The number of benzene rings is 2. The van der Waals surface area contributed by atoms with Gasteiger partial charge in [-0.2, -0.15) is 0 Å². The van der Waals surface area contributed by atoms with E-state index in [4.69, 9.17) is 14.2 Å². The number of methoxy groups -OCH3 is 1. The summed E-state index contributed by atoms with van der Waals surface area (Å²) in [4.78, 5) is 30.1. The number of amides is 1. The monoisotopic (exact) mass is 478 g/mol. The van der Waals surface area contributed by atoms with Gasteiger partial charge in [-0.05, 0) is 17.7 Å². The van der Waals surface area contributed by atoms with Crippen molar-refractivity contribution in [3.63, 3.8) is 0 Å². The summed E-state index contributed by atoms with van der Waals surface area (Å²) in [5.41, 5.74) is 1.18. The van der Waals surface area contributed by atoms with Crippen molar-refractivity contribution < 1.29 is 28.9 Å². The van der Waals surface area contributed by atoms with Gasteiger partial charge in [-0.1, -0.05) is 49.1 Å². The van der Waals surface area contributed by atoms with Crippen molar-refractivity contribution in [3.05, 3.63) is 77.9 Å². The highest BCUT2D eigenvalue weighted by Crippen LogP contribution is 2.41. The number of carbonyl (C=O) groups is 2. The second-order valence-corrected chi connectivity index (χ2v) is 8.32. The van der Waals surface area contributed by atoms with E-state index in [2.05, 4.69) is 11.5 Å². The minimum absolute atomic E-state index is 0.0602. The summed E-state index contributed by atoms with van der Waals surface area (Å²) in [7, 11) is 1.53. The van der Waals surface area contributed by atoms with Gasteiger partial charge in [-0.15, -0.1) is 0 Å². The van der Waals surface area contributed by atoms with Crippen LogP contribution in [-0.2, 0) is 14.3 Å². The summed E-state index contributed by atoms with van der Waals surface area (Å²) < 4.78 is 16.6. The van der Waals surface area contributed by atoms with Crippen molar-refractivity contribution in [1.82, 2.24) is 9.80 Å². The molecule has 1 amide bonds. The number of hydrogen-bond donors (Lipinski definition) is 1. The molecule has 8 heteroatoms. The normalized spacial score (nSPS) is 20.1. The number of rotatable bonds is 9. The average molecular weight is 479 g/mol. The number of carbonyl (C=O) groups excluding carboxylic acids is 2. The van der Waals surface area contributed by atoms with E-state index in [1.54, 1.807) is 48.5 Å². The number of likely N-dealkylation sites (tertiary alicyclic amines) is 1. The SMILES string of the molecule is C=CCOc1ccc(C2C(=C(O)c3ccccc3)C(=O)C(=O)N2CCN2CCOCC2)cc1OC. The molecule has 2 fully saturated rings. The predicted molar refractivity (Wildman–Crippen MR) is 131 cm³/mol.